The van der Waals surface area contributed by atoms with E-state index in [-0.39, 0.29) is 11.8 Å². The lowest BCUT2D eigenvalue weighted by Crippen LogP contribution is -2.05. The van der Waals surface area contributed by atoms with E-state index in [9.17, 15) is 4.79 Å². The molecule has 3 rings (SSSR count). The van der Waals surface area contributed by atoms with Crippen LogP contribution in [0.25, 0.3) is 22.6 Å². The average Bonchev–Trinajstić information content (AvgIpc) is 3.07. The maximum absolute atomic E-state index is 11.0. The topological polar surface area (TPSA) is 68.0 Å². The summed E-state index contributed by atoms with van der Waals surface area (Å²) in [5.74, 6) is 0.457. The average molecular weight is 374 g/mol. The highest BCUT2D eigenvalue weighted by molar-refractivity contribution is 6.50. The van der Waals surface area contributed by atoms with Crippen LogP contribution in [0.4, 0.5) is 5.69 Å². The Morgan fingerprint density at radius 3 is 2.40 bits per heavy atom. The first kappa shape index (κ1) is 17.2. The maximum Gasteiger partial charge on any atom is 0.259 e. The summed E-state index contributed by atoms with van der Waals surface area (Å²) in [6.07, 6.45) is 1.71. The van der Waals surface area contributed by atoms with Crippen LogP contribution in [-0.2, 0) is 4.79 Å². The number of benzene rings is 2. The highest BCUT2D eigenvalue weighted by Gasteiger charge is 2.11. The number of nitrogens with one attached hydrogen (secondary N) is 1. The number of hydrogen-bond donors (Lipinski definition) is 1. The molecule has 2 aromatic carbocycles. The minimum Gasteiger partial charge on any atom is -0.415 e. The van der Waals surface area contributed by atoms with Crippen LogP contribution in [0.5, 0.6) is 0 Å². The zero-order chi connectivity index (χ0) is 17.8. The minimum atomic E-state index is -0.123. The van der Waals surface area contributed by atoms with Crippen molar-refractivity contribution in [1.29, 1.82) is 0 Å². The van der Waals surface area contributed by atoms with Gasteiger partial charge in [0.15, 0.2) is 0 Å². The number of carbonyl (C=O) groups is 1. The predicted octanol–water partition coefficient (Wildman–Crippen LogP) is 5.09. The van der Waals surface area contributed by atoms with Crippen LogP contribution < -0.4 is 5.32 Å². The standard InChI is InChI=1S/C18H13Cl2N3O2/c1-11(24)21-15-8-2-12(3-9-15)10-16(20)18-23-22-17(25-18)13-4-6-14(19)7-5-13/h2-10H,1H3,(H,21,24)/b16-10-. The second kappa shape index (κ2) is 7.51. The SMILES string of the molecule is CC(=O)Nc1ccc(/C=C(\Cl)c2nnc(-c3ccc(Cl)cc3)o2)cc1. The molecule has 0 aliphatic heterocycles. The molecule has 7 heteroatoms. The molecule has 1 aromatic heterocycles. The third-order valence-electron chi connectivity index (χ3n) is 3.24. The van der Waals surface area contributed by atoms with Crippen LogP contribution >= 0.6 is 23.2 Å². The van der Waals surface area contributed by atoms with E-state index in [1.54, 1.807) is 42.5 Å². The van der Waals surface area contributed by atoms with Crippen molar-refractivity contribution < 1.29 is 9.21 Å². The smallest absolute Gasteiger partial charge is 0.259 e. The minimum absolute atomic E-state index is 0.123. The fraction of sp³-hybridized carbons (Fsp3) is 0.0556. The summed E-state index contributed by atoms with van der Waals surface area (Å²) in [6.45, 7) is 1.46. The highest BCUT2D eigenvalue weighted by Crippen LogP contribution is 2.26. The number of aromatic nitrogens is 2. The summed E-state index contributed by atoms with van der Waals surface area (Å²) in [4.78, 5) is 11.0. The van der Waals surface area contributed by atoms with Gasteiger partial charge in [-0.2, -0.15) is 0 Å². The Bertz CT molecular complexity index is 916. The third-order valence-corrected chi connectivity index (χ3v) is 3.77. The van der Waals surface area contributed by atoms with Gasteiger partial charge in [-0.1, -0.05) is 35.3 Å². The van der Waals surface area contributed by atoms with Crippen molar-refractivity contribution in [3.05, 3.63) is 65.0 Å². The fourth-order valence-corrected chi connectivity index (χ4v) is 2.43. The van der Waals surface area contributed by atoms with Crippen LogP contribution in [0, 0.1) is 0 Å². The molecule has 0 atom stereocenters. The molecule has 0 saturated carbocycles. The molecule has 0 unspecified atom stereocenters. The Labute approximate surface area is 154 Å². The molecule has 0 bridgehead atoms. The first-order chi connectivity index (χ1) is 12.0. The molecule has 1 heterocycles. The van der Waals surface area contributed by atoms with Crippen LogP contribution in [-0.4, -0.2) is 16.1 Å². The third kappa shape index (κ3) is 4.47. The maximum atomic E-state index is 11.0. The number of hydrogen-bond acceptors (Lipinski definition) is 4. The molecule has 3 aromatic rings. The Kier molecular flexibility index (Phi) is 5.16. The molecular weight excluding hydrogens is 361 g/mol. The van der Waals surface area contributed by atoms with Gasteiger partial charge in [0.1, 0.15) is 5.03 Å². The van der Waals surface area contributed by atoms with Crippen molar-refractivity contribution in [3.8, 4) is 11.5 Å². The number of nitrogens with zero attached hydrogens (tertiary/aromatic N) is 2. The van der Waals surface area contributed by atoms with Gasteiger partial charge in [-0.3, -0.25) is 4.79 Å². The second-order valence-corrected chi connectivity index (χ2v) is 6.06. The van der Waals surface area contributed by atoms with Crippen LogP contribution in [0.2, 0.25) is 5.02 Å². The molecule has 1 N–H and O–H groups in total. The lowest BCUT2D eigenvalue weighted by atomic mass is 10.2. The Morgan fingerprint density at radius 1 is 1.08 bits per heavy atom. The molecule has 0 radical (unpaired) electrons. The number of anilines is 1. The zero-order valence-electron chi connectivity index (χ0n) is 13.2. The molecule has 5 nitrogen and oxygen atoms in total. The van der Waals surface area contributed by atoms with E-state index in [1.807, 2.05) is 12.1 Å². The van der Waals surface area contributed by atoms with Crippen molar-refractivity contribution >= 4 is 45.9 Å². The first-order valence-corrected chi connectivity index (χ1v) is 8.11. The van der Waals surface area contributed by atoms with E-state index in [0.29, 0.717) is 21.6 Å². The van der Waals surface area contributed by atoms with Crippen molar-refractivity contribution in [2.75, 3.05) is 5.32 Å². The largest absolute Gasteiger partial charge is 0.415 e. The summed E-state index contributed by atoms with van der Waals surface area (Å²) in [7, 11) is 0. The van der Waals surface area contributed by atoms with E-state index in [0.717, 1.165) is 11.1 Å². The zero-order valence-corrected chi connectivity index (χ0v) is 14.7. The molecule has 0 saturated heterocycles. The second-order valence-electron chi connectivity index (χ2n) is 5.21. The Morgan fingerprint density at radius 2 is 1.76 bits per heavy atom. The van der Waals surface area contributed by atoms with Gasteiger partial charge in [0, 0.05) is 23.2 Å². The first-order valence-electron chi connectivity index (χ1n) is 7.36. The van der Waals surface area contributed by atoms with Gasteiger partial charge in [-0.15, -0.1) is 10.2 Å². The fourth-order valence-electron chi connectivity index (χ4n) is 2.10. The van der Waals surface area contributed by atoms with E-state index in [4.69, 9.17) is 27.6 Å². The van der Waals surface area contributed by atoms with Gasteiger partial charge in [0.2, 0.25) is 11.8 Å². The van der Waals surface area contributed by atoms with Gasteiger partial charge in [-0.25, -0.2) is 0 Å². The molecule has 1 amide bonds. The van der Waals surface area contributed by atoms with Crippen molar-refractivity contribution in [1.82, 2.24) is 10.2 Å². The summed E-state index contributed by atoms with van der Waals surface area (Å²) >= 11 is 12.1. The van der Waals surface area contributed by atoms with Crippen LogP contribution in [0.3, 0.4) is 0 Å². The van der Waals surface area contributed by atoms with Gasteiger partial charge in [0.25, 0.3) is 5.89 Å². The summed E-state index contributed by atoms with van der Waals surface area (Å²) in [5.41, 5.74) is 2.31. The molecule has 0 fully saturated rings. The van der Waals surface area contributed by atoms with E-state index >= 15 is 0 Å². The summed E-state index contributed by atoms with van der Waals surface area (Å²) in [6, 6.07) is 14.3. The molecule has 0 spiro atoms. The number of carbonyl (C=O) groups excluding carboxylic acids is 1. The van der Waals surface area contributed by atoms with Gasteiger partial charge >= 0.3 is 0 Å². The molecule has 126 valence electrons. The van der Waals surface area contributed by atoms with Gasteiger partial charge in [0.05, 0.1) is 0 Å². The molecular formula is C18H13Cl2N3O2. The van der Waals surface area contributed by atoms with Crippen molar-refractivity contribution in [2.45, 2.75) is 6.92 Å². The monoisotopic (exact) mass is 373 g/mol. The lowest BCUT2D eigenvalue weighted by molar-refractivity contribution is -0.114. The van der Waals surface area contributed by atoms with Gasteiger partial charge < -0.3 is 9.73 Å². The summed E-state index contributed by atoms with van der Waals surface area (Å²) in [5, 5.41) is 11.6. The Hall–Kier alpha value is -2.63. The molecule has 0 aliphatic rings. The van der Waals surface area contributed by atoms with E-state index in [1.165, 1.54) is 6.92 Å². The predicted molar refractivity (Wildman–Crippen MR) is 99.2 cm³/mol. The van der Waals surface area contributed by atoms with Crippen LogP contribution in [0.15, 0.2) is 52.9 Å². The van der Waals surface area contributed by atoms with E-state index in [2.05, 4.69) is 15.5 Å². The number of amides is 1. The molecule has 25 heavy (non-hydrogen) atoms. The number of halogens is 2. The van der Waals surface area contributed by atoms with Crippen molar-refractivity contribution in [3.63, 3.8) is 0 Å². The van der Waals surface area contributed by atoms with Crippen LogP contribution in [0.1, 0.15) is 18.4 Å². The lowest BCUT2D eigenvalue weighted by Gasteiger charge is -2.02. The quantitative estimate of drug-likeness (QED) is 0.691. The Balaban J connectivity index is 1.78. The molecule has 0 aliphatic carbocycles. The van der Waals surface area contributed by atoms with E-state index < -0.39 is 0 Å². The van der Waals surface area contributed by atoms with Crippen molar-refractivity contribution in [2.24, 2.45) is 0 Å². The highest BCUT2D eigenvalue weighted by atomic mass is 35.5. The van der Waals surface area contributed by atoms with Gasteiger partial charge in [-0.05, 0) is 48.0 Å². The normalized spacial score (nSPS) is 11.4. The number of rotatable bonds is 4. The summed E-state index contributed by atoms with van der Waals surface area (Å²) < 4.78 is 5.60.